The van der Waals surface area contributed by atoms with Gasteiger partial charge in [0.1, 0.15) is 5.75 Å². The number of ether oxygens (including phenoxy) is 1. The maximum absolute atomic E-state index is 11.5. The lowest BCUT2D eigenvalue weighted by molar-refractivity contribution is -0.145. The number of hydrogen-bond acceptors (Lipinski definition) is 2. The van der Waals surface area contributed by atoms with Crippen molar-refractivity contribution in [2.45, 2.75) is 25.4 Å². The molecule has 0 aliphatic heterocycles. The van der Waals surface area contributed by atoms with Gasteiger partial charge in [-0.05, 0) is 41.7 Å². The van der Waals surface area contributed by atoms with Gasteiger partial charge in [0.05, 0.1) is 0 Å². The summed E-state index contributed by atoms with van der Waals surface area (Å²) in [7, 11) is 0. The van der Waals surface area contributed by atoms with Crippen LogP contribution in [0, 0.1) is 0 Å². The summed E-state index contributed by atoms with van der Waals surface area (Å²) in [5.41, 5.74) is 3.46. The van der Waals surface area contributed by atoms with Crippen LogP contribution in [-0.2, 0) is 24.1 Å². The highest BCUT2D eigenvalue weighted by Crippen LogP contribution is 2.17. The van der Waals surface area contributed by atoms with Crippen LogP contribution in [0.3, 0.4) is 0 Å². The molecule has 0 unspecified atom stereocenters. The number of benzene rings is 3. The maximum Gasteiger partial charge on any atom is 0.345 e. The third kappa shape index (κ3) is 5.21. The van der Waals surface area contributed by atoms with Gasteiger partial charge >= 0.3 is 5.97 Å². The predicted molar refractivity (Wildman–Crippen MR) is 102 cm³/mol. The summed E-state index contributed by atoms with van der Waals surface area (Å²) in [5.74, 6) is -0.376. The van der Waals surface area contributed by atoms with E-state index >= 15 is 0 Å². The Hall–Kier alpha value is -3.07. The fourth-order valence-corrected chi connectivity index (χ4v) is 2.84. The molecule has 0 saturated carbocycles. The third-order valence-electron chi connectivity index (χ3n) is 4.29. The number of carboxylic acids is 1. The Bertz CT molecular complexity index is 811. The molecule has 3 rings (SSSR count). The molecule has 132 valence electrons. The summed E-state index contributed by atoms with van der Waals surface area (Å²) < 4.78 is 5.70. The summed E-state index contributed by atoms with van der Waals surface area (Å²) in [6.07, 6.45) is 1.36. The van der Waals surface area contributed by atoms with Crippen molar-refractivity contribution >= 4 is 5.97 Å². The van der Waals surface area contributed by atoms with Gasteiger partial charge in [-0.25, -0.2) is 4.79 Å². The second-order valence-electron chi connectivity index (χ2n) is 6.26. The average Bonchev–Trinajstić information content (AvgIpc) is 2.68. The summed E-state index contributed by atoms with van der Waals surface area (Å²) in [4.78, 5) is 11.5. The van der Waals surface area contributed by atoms with E-state index in [0.29, 0.717) is 12.2 Å². The van der Waals surface area contributed by atoms with Crippen molar-refractivity contribution < 1.29 is 14.6 Å². The molecular weight excluding hydrogens is 324 g/mol. The number of aliphatic carboxylic acids is 1. The van der Waals surface area contributed by atoms with E-state index in [9.17, 15) is 9.90 Å². The minimum absolute atomic E-state index is 0.339. The van der Waals surface area contributed by atoms with E-state index < -0.39 is 12.1 Å². The highest BCUT2D eigenvalue weighted by atomic mass is 16.5. The highest BCUT2D eigenvalue weighted by molar-refractivity contribution is 5.73. The molecule has 0 aromatic heterocycles. The van der Waals surface area contributed by atoms with Crippen LogP contribution < -0.4 is 4.74 Å². The van der Waals surface area contributed by atoms with E-state index in [-0.39, 0.29) is 0 Å². The molecule has 3 aromatic rings. The molecule has 0 saturated heterocycles. The largest absolute Gasteiger partial charge is 0.478 e. The lowest BCUT2D eigenvalue weighted by Gasteiger charge is -2.15. The van der Waals surface area contributed by atoms with Crippen molar-refractivity contribution in [2.75, 3.05) is 0 Å². The van der Waals surface area contributed by atoms with Gasteiger partial charge in [-0.3, -0.25) is 0 Å². The average molecular weight is 346 g/mol. The van der Waals surface area contributed by atoms with E-state index in [4.69, 9.17) is 4.74 Å². The van der Waals surface area contributed by atoms with Crippen LogP contribution in [0.5, 0.6) is 5.75 Å². The zero-order valence-corrected chi connectivity index (χ0v) is 14.5. The van der Waals surface area contributed by atoms with Crippen LogP contribution >= 0.6 is 0 Å². The van der Waals surface area contributed by atoms with Crippen molar-refractivity contribution in [3.05, 3.63) is 102 Å². The van der Waals surface area contributed by atoms with Crippen molar-refractivity contribution in [3.63, 3.8) is 0 Å². The monoisotopic (exact) mass is 346 g/mol. The van der Waals surface area contributed by atoms with E-state index in [1.807, 2.05) is 72.8 Å². The Morgan fingerprint density at radius 2 is 1.23 bits per heavy atom. The molecule has 0 bridgehead atoms. The SMILES string of the molecule is O=C(O)[C@@H](Cc1ccccc1)Oc1ccc(CCc2ccccc2)cc1. The van der Waals surface area contributed by atoms with Crippen molar-refractivity contribution in [1.29, 1.82) is 0 Å². The molecule has 0 aliphatic carbocycles. The van der Waals surface area contributed by atoms with Crippen LogP contribution in [-0.4, -0.2) is 17.2 Å². The van der Waals surface area contributed by atoms with Crippen molar-refractivity contribution in [2.24, 2.45) is 0 Å². The second-order valence-corrected chi connectivity index (χ2v) is 6.26. The molecule has 1 N–H and O–H groups in total. The molecule has 0 aliphatic rings. The van der Waals surface area contributed by atoms with E-state index in [1.54, 1.807) is 0 Å². The summed E-state index contributed by atoms with van der Waals surface area (Å²) in [6.45, 7) is 0. The fourth-order valence-electron chi connectivity index (χ4n) is 2.84. The normalized spacial score (nSPS) is 11.7. The topological polar surface area (TPSA) is 46.5 Å². The standard InChI is InChI=1S/C23H22O3/c24-23(25)22(17-20-9-5-2-6-10-20)26-21-15-13-19(14-16-21)12-11-18-7-3-1-4-8-18/h1-10,13-16,22H,11-12,17H2,(H,24,25)/t22-/m1/s1. The summed E-state index contributed by atoms with van der Waals surface area (Å²) >= 11 is 0. The quantitative estimate of drug-likeness (QED) is 0.651. The predicted octanol–water partition coefficient (Wildman–Crippen LogP) is 4.55. The van der Waals surface area contributed by atoms with Gasteiger partial charge in [-0.2, -0.15) is 0 Å². The molecular formula is C23H22O3. The van der Waals surface area contributed by atoms with E-state index in [0.717, 1.165) is 18.4 Å². The van der Waals surface area contributed by atoms with Crippen LogP contribution in [0.15, 0.2) is 84.9 Å². The van der Waals surface area contributed by atoms with Crippen LogP contribution in [0.4, 0.5) is 0 Å². The first-order valence-electron chi connectivity index (χ1n) is 8.77. The Morgan fingerprint density at radius 1 is 0.731 bits per heavy atom. The molecule has 0 radical (unpaired) electrons. The smallest absolute Gasteiger partial charge is 0.345 e. The molecule has 3 heteroatoms. The molecule has 3 aromatic carbocycles. The molecule has 0 heterocycles. The minimum Gasteiger partial charge on any atom is -0.478 e. The van der Waals surface area contributed by atoms with Crippen LogP contribution in [0.2, 0.25) is 0 Å². The first-order valence-corrected chi connectivity index (χ1v) is 8.77. The lowest BCUT2D eigenvalue weighted by Crippen LogP contribution is -2.29. The Kier molecular flexibility index (Phi) is 6.05. The first-order chi connectivity index (χ1) is 12.7. The van der Waals surface area contributed by atoms with Crippen LogP contribution in [0.1, 0.15) is 16.7 Å². The summed E-state index contributed by atoms with van der Waals surface area (Å²) in [5, 5.41) is 9.44. The number of rotatable bonds is 8. The van der Waals surface area contributed by atoms with Crippen molar-refractivity contribution in [3.8, 4) is 5.75 Å². The van der Waals surface area contributed by atoms with Gasteiger partial charge in [0, 0.05) is 6.42 Å². The maximum atomic E-state index is 11.5. The number of carbonyl (C=O) groups is 1. The third-order valence-corrected chi connectivity index (χ3v) is 4.29. The second kappa shape index (κ2) is 8.86. The lowest BCUT2D eigenvalue weighted by atomic mass is 10.0. The van der Waals surface area contributed by atoms with E-state index in [2.05, 4.69) is 12.1 Å². The van der Waals surface area contributed by atoms with Gasteiger partial charge in [0.25, 0.3) is 0 Å². The van der Waals surface area contributed by atoms with Gasteiger partial charge in [-0.1, -0.05) is 72.8 Å². The molecule has 1 atom stereocenters. The molecule has 0 spiro atoms. The van der Waals surface area contributed by atoms with Gasteiger partial charge < -0.3 is 9.84 Å². The zero-order valence-electron chi connectivity index (χ0n) is 14.5. The first kappa shape index (κ1) is 17.7. The van der Waals surface area contributed by atoms with Gasteiger partial charge in [0.15, 0.2) is 6.10 Å². The summed E-state index contributed by atoms with van der Waals surface area (Å²) in [6, 6.07) is 27.6. The van der Waals surface area contributed by atoms with E-state index in [1.165, 1.54) is 11.1 Å². The van der Waals surface area contributed by atoms with Gasteiger partial charge in [0.2, 0.25) is 0 Å². The molecule has 0 amide bonds. The number of aryl methyl sites for hydroxylation is 2. The molecule has 26 heavy (non-hydrogen) atoms. The molecule has 3 nitrogen and oxygen atoms in total. The minimum atomic E-state index is -0.956. The Labute approximate surface area is 153 Å². The molecule has 0 fully saturated rings. The van der Waals surface area contributed by atoms with Crippen LogP contribution in [0.25, 0.3) is 0 Å². The number of carboxylic acid groups (broad SMARTS) is 1. The highest BCUT2D eigenvalue weighted by Gasteiger charge is 2.19. The number of hydrogen-bond donors (Lipinski definition) is 1. The fraction of sp³-hybridized carbons (Fsp3) is 0.174. The van der Waals surface area contributed by atoms with Crippen molar-refractivity contribution in [1.82, 2.24) is 0 Å². The Morgan fingerprint density at radius 3 is 1.77 bits per heavy atom. The van der Waals surface area contributed by atoms with Gasteiger partial charge in [-0.15, -0.1) is 0 Å². The zero-order chi connectivity index (χ0) is 18.2. The Balaban J connectivity index is 1.59.